The Bertz CT molecular complexity index is 1460. The molecule has 2 aromatic rings. The Morgan fingerprint density at radius 1 is 1.10 bits per heavy atom. The van der Waals surface area contributed by atoms with Gasteiger partial charge < -0.3 is 34.4 Å². The molecule has 3 aliphatic rings. The average Bonchev–Trinajstić information content (AvgIpc) is 3.12. The van der Waals surface area contributed by atoms with Crippen molar-refractivity contribution in [2.45, 2.75) is 82.6 Å². The second kappa shape index (κ2) is 17.2. The molecule has 0 unspecified atom stereocenters. The third kappa shape index (κ3) is 7.82. The van der Waals surface area contributed by atoms with Gasteiger partial charge in [0.1, 0.15) is 24.1 Å². The molecule has 0 radical (unpaired) electrons. The number of hydrogen-bond donors (Lipinski definition) is 3. The number of allylic oxidation sites excluding steroid dienone is 1. The maximum absolute atomic E-state index is 13.6. The van der Waals surface area contributed by atoms with Crippen LogP contribution in [0, 0.1) is 17.8 Å². The summed E-state index contributed by atoms with van der Waals surface area (Å²) < 4.78 is 19.2. The van der Waals surface area contributed by atoms with E-state index in [4.69, 9.17) is 24.2 Å². The summed E-state index contributed by atoms with van der Waals surface area (Å²) in [4.78, 5) is 21.3. The summed E-state index contributed by atoms with van der Waals surface area (Å²) in [5.41, 5.74) is 3.52. The van der Waals surface area contributed by atoms with Crippen LogP contribution in [0.15, 0.2) is 78.0 Å². The number of unbranched alkanes of at least 4 members (excludes halogenated alkanes) is 2. The number of phenolic OH excluding ortho intramolecular Hbond substituents is 1. The lowest BCUT2D eigenvalue weighted by Gasteiger charge is -2.59. The number of aromatic hydroxyl groups is 1. The first-order chi connectivity index (χ1) is 23.9. The number of fused-ring (bicyclic) bond motifs is 2. The smallest absolute Gasteiger partial charge is 0.409 e. The van der Waals surface area contributed by atoms with Crippen molar-refractivity contribution in [3.63, 3.8) is 0 Å². The molecular weight excluding hydrogens is 624 g/mol. The van der Waals surface area contributed by atoms with Gasteiger partial charge in [0.15, 0.2) is 0 Å². The number of hydrogen-bond acceptors (Lipinski definition) is 9. The number of carbonyl (C=O) groups is 1. The Kier molecular flexibility index (Phi) is 12.8. The molecule has 10 nitrogen and oxygen atoms in total. The number of nitrogens with zero attached hydrogens (tertiary/aromatic N) is 2. The van der Waals surface area contributed by atoms with E-state index in [-0.39, 0.29) is 49.9 Å². The molecule has 0 aromatic heterocycles. The van der Waals surface area contributed by atoms with E-state index in [0.717, 1.165) is 42.4 Å². The quantitative estimate of drug-likeness (QED) is 0.0959. The zero-order chi connectivity index (χ0) is 34.8. The number of oxime groups is 1. The van der Waals surface area contributed by atoms with Gasteiger partial charge in [-0.1, -0.05) is 67.4 Å². The molecule has 6 atom stereocenters. The third-order valence-electron chi connectivity index (χ3n) is 10.2. The fourth-order valence-corrected chi connectivity index (χ4v) is 8.15. The van der Waals surface area contributed by atoms with Gasteiger partial charge in [0.05, 0.1) is 25.3 Å². The molecule has 1 fully saturated rings. The summed E-state index contributed by atoms with van der Waals surface area (Å²) >= 11 is 0. The van der Waals surface area contributed by atoms with Gasteiger partial charge in [0.25, 0.3) is 0 Å². The molecule has 2 aromatic carbocycles. The van der Waals surface area contributed by atoms with Crippen LogP contribution in [0.1, 0.15) is 75.3 Å². The van der Waals surface area contributed by atoms with Gasteiger partial charge in [-0.05, 0) is 73.3 Å². The average molecular weight is 677 g/mol. The van der Waals surface area contributed by atoms with Crippen LogP contribution in [-0.4, -0.2) is 77.3 Å². The van der Waals surface area contributed by atoms with Crippen LogP contribution in [0.2, 0.25) is 0 Å². The van der Waals surface area contributed by atoms with Gasteiger partial charge in [-0.25, -0.2) is 4.79 Å². The Hall–Kier alpha value is -3.86. The van der Waals surface area contributed by atoms with Gasteiger partial charge in [-0.2, -0.15) is 0 Å². The molecular formula is C39H52N2O8. The molecule has 1 amide bonds. The van der Waals surface area contributed by atoms with Gasteiger partial charge in [0, 0.05) is 37.7 Å². The van der Waals surface area contributed by atoms with Crippen molar-refractivity contribution in [2.75, 3.05) is 33.5 Å². The first-order valence-corrected chi connectivity index (χ1v) is 17.7. The van der Waals surface area contributed by atoms with Crippen molar-refractivity contribution >= 4 is 11.8 Å². The molecule has 266 valence electrons. The fourth-order valence-electron chi connectivity index (χ4n) is 8.15. The molecule has 3 N–H and O–H groups in total. The predicted molar refractivity (Wildman–Crippen MR) is 187 cm³/mol. The van der Waals surface area contributed by atoms with E-state index in [0.29, 0.717) is 43.7 Å². The molecule has 1 aliphatic heterocycles. The number of ether oxygens (including phenoxy) is 3. The first kappa shape index (κ1) is 36.4. The van der Waals surface area contributed by atoms with Crippen molar-refractivity contribution in [1.82, 2.24) is 4.90 Å². The SMILES string of the molecule is C=CCO[C@@]12Oc3ccc(O)cc3[C@H]3[C@H](CCCCO)[C@@H](CCCCO)C=C(C(=NOCc4ccccc4)C[C@@H]1N(CCC)C(=O)OC)[C@H]32. The molecule has 5 rings (SSSR count). The number of phenols is 1. The first-order valence-electron chi connectivity index (χ1n) is 17.7. The largest absolute Gasteiger partial charge is 0.508 e. The summed E-state index contributed by atoms with van der Waals surface area (Å²) in [5.74, 6) is -1.05. The Balaban J connectivity index is 1.74. The van der Waals surface area contributed by atoms with E-state index in [1.807, 2.05) is 37.3 Å². The Labute approximate surface area is 290 Å². The molecule has 1 heterocycles. The lowest BCUT2D eigenvalue weighted by atomic mass is 9.55. The Morgan fingerprint density at radius 2 is 1.86 bits per heavy atom. The van der Waals surface area contributed by atoms with Gasteiger partial charge in [-0.3, -0.25) is 4.90 Å². The van der Waals surface area contributed by atoms with Crippen molar-refractivity contribution < 1.29 is 39.2 Å². The van der Waals surface area contributed by atoms with Crippen molar-refractivity contribution in [1.29, 1.82) is 0 Å². The maximum Gasteiger partial charge on any atom is 0.409 e. The number of methoxy groups -OCH3 is 1. The molecule has 2 aliphatic carbocycles. The monoisotopic (exact) mass is 676 g/mol. The highest BCUT2D eigenvalue weighted by Gasteiger charge is 2.65. The molecule has 0 bridgehead atoms. The highest BCUT2D eigenvalue weighted by molar-refractivity contribution is 6.02. The van der Waals surface area contributed by atoms with Crippen LogP contribution in [0.3, 0.4) is 0 Å². The lowest BCUT2D eigenvalue weighted by Crippen LogP contribution is -2.70. The van der Waals surface area contributed by atoms with Crippen LogP contribution >= 0.6 is 0 Å². The Morgan fingerprint density at radius 3 is 2.55 bits per heavy atom. The van der Waals surface area contributed by atoms with E-state index in [1.54, 1.807) is 29.2 Å². The third-order valence-corrected chi connectivity index (χ3v) is 10.2. The molecule has 49 heavy (non-hydrogen) atoms. The summed E-state index contributed by atoms with van der Waals surface area (Å²) in [6.45, 7) is 7.04. The predicted octanol–water partition coefficient (Wildman–Crippen LogP) is 6.70. The van der Waals surface area contributed by atoms with E-state index >= 15 is 0 Å². The number of benzene rings is 2. The van der Waals surface area contributed by atoms with Crippen LogP contribution < -0.4 is 4.74 Å². The minimum Gasteiger partial charge on any atom is -0.508 e. The zero-order valence-electron chi connectivity index (χ0n) is 28.8. The number of carbonyl (C=O) groups excluding carboxylic acids is 1. The zero-order valence-corrected chi connectivity index (χ0v) is 28.8. The minimum atomic E-state index is -1.35. The molecule has 10 heteroatoms. The number of aliphatic hydroxyl groups excluding tert-OH is 2. The summed E-state index contributed by atoms with van der Waals surface area (Å²) in [7, 11) is 1.38. The maximum atomic E-state index is 13.6. The normalized spacial score (nSPS) is 26.2. The second-order valence-electron chi connectivity index (χ2n) is 13.2. The van der Waals surface area contributed by atoms with Gasteiger partial charge in [0.2, 0.25) is 5.79 Å². The van der Waals surface area contributed by atoms with Crippen LogP contribution in [-0.2, 0) is 20.9 Å². The van der Waals surface area contributed by atoms with Crippen molar-refractivity contribution in [3.05, 3.63) is 84.0 Å². The molecule has 0 saturated heterocycles. The van der Waals surface area contributed by atoms with Crippen LogP contribution in [0.4, 0.5) is 4.79 Å². The molecule has 1 saturated carbocycles. The van der Waals surface area contributed by atoms with Crippen LogP contribution in [0.5, 0.6) is 11.5 Å². The summed E-state index contributed by atoms with van der Waals surface area (Å²) in [5, 5.41) is 35.1. The lowest BCUT2D eigenvalue weighted by molar-refractivity contribution is -0.255. The van der Waals surface area contributed by atoms with Gasteiger partial charge in [-0.15, -0.1) is 6.58 Å². The molecule has 0 spiro atoms. The highest BCUT2D eigenvalue weighted by atomic mass is 16.7. The summed E-state index contributed by atoms with van der Waals surface area (Å²) in [6, 6.07) is 14.4. The topological polar surface area (TPSA) is 130 Å². The highest BCUT2D eigenvalue weighted by Crippen LogP contribution is 2.61. The van der Waals surface area contributed by atoms with Crippen molar-refractivity contribution in [2.24, 2.45) is 22.9 Å². The van der Waals surface area contributed by atoms with E-state index in [9.17, 15) is 20.1 Å². The van der Waals surface area contributed by atoms with E-state index in [2.05, 4.69) is 12.7 Å². The number of aliphatic hydroxyl groups is 2. The minimum absolute atomic E-state index is 0.0816. The fraction of sp³-hybridized carbons (Fsp3) is 0.538. The van der Waals surface area contributed by atoms with Gasteiger partial charge >= 0.3 is 6.09 Å². The van der Waals surface area contributed by atoms with Crippen LogP contribution in [0.25, 0.3) is 0 Å². The standard InChI is InChI=1S/C39H52N2O8/c1-4-19-41(38(45)46-3)35-25-33(40-48-26-27-13-7-6-8-14-27)31-23-28(15-9-11-20-42)30(16-10-12-21-43)36-32-24-29(44)17-18-34(32)49-39(35,37(31)36)47-22-5-2/h5-8,13-14,17-18,23-24,28,30,35-37,42-44H,2,4,9-12,15-16,19-22,25-26H2,1,3H3/t28-,30+,35-,36+,37+,39+/m0/s1. The second-order valence-corrected chi connectivity index (χ2v) is 13.2. The number of rotatable bonds is 17. The number of amides is 1. The van der Waals surface area contributed by atoms with Crippen molar-refractivity contribution in [3.8, 4) is 11.5 Å². The summed E-state index contributed by atoms with van der Waals surface area (Å²) in [6.07, 6.45) is 9.16. The van der Waals surface area contributed by atoms with E-state index in [1.165, 1.54) is 7.11 Å². The van der Waals surface area contributed by atoms with E-state index < -0.39 is 23.8 Å².